The Bertz CT molecular complexity index is 352. The lowest BCUT2D eigenvalue weighted by atomic mass is 10.1. The molecule has 1 unspecified atom stereocenters. The Labute approximate surface area is 88.8 Å². The molecule has 4 nitrogen and oxygen atoms in total. The number of nitrogens with zero attached hydrogens (tertiary/aromatic N) is 1. The molecular formula is C11H14N2O2. The van der Waals surface area contributed by atoms with Crippen molar-refractivity contribution in [1.29, 1.82) is 5.26 Å². The van der Waals surface area contributed by atoms with Crippen LogP contribution in [-0.2, 0) is 0 Å². The first-order valence-electron chi connectivity index (χ1n) is 4.65. The third-order valence-electron chi connectivity index (χ3n) is 2.03. The Morgan fingerprint density at radius 1 is 1.40 bits per heavy atom. The van der Waals surface area contributed by atoms with E-state index in [0.717, 1.165) is 5.69 Å². The van der Waals surface area contributed by atoms with Crippen LogP contribution in [0.3, 0.4) is 0 Å². The zero-order valence-corrected chi connectivity index (χ0v) is 8.57. The number of anilines is 1. The Hall–Kier alpha value is -1.57. The monoisotopic (exact) mass is 206 g/mol. The predicted molar refractivity (Wildman–Crippen MR) is 57.4 cm³/mol. The number of benzene rings is 1. The fourth-order valence-electron chi connectivity index (χ4n) is 1.01. The van der Waals surface area contributed by atoms with Crippen LogP contribution in [-0.4, -0.2) is 29.0 Å². The molecule has 1 rings (SSSR count). The van der Waals surface area contributed by atoms with Gasteiger partial charge in [-0.1, -0.05) is 0 Å². The molecule has 0 radical (unpaired) electrons. The summed E-state index contributed by atoms with van der Waals surface area (Å²) in [5.41, 5.74) is 0.269. The number of aliphatic hydroxyl groups is 2. The van der Waals surface area contributed by atoms with E-state index in [-0.39, 0.29) is 13.2 Å². The zero-order valence-electron chi connectivity index (χ0n) is 8.57. The van der Waals surface area contributed by atoms with Crippen molar-refractivity contribution in [3.05, 3.63) is 29.8 Å². The SMILES string of the molecule is CC(O)(CO)CNc1ccc(C#N)cc1. The number of hydrogen-bond donors (Lipinski definition) is 3. The molecule has 0 bridgehead atoms. The first-order chi connectivity index (χ1) is 7.07. The largest absolute Gasteiger partial charge is 0.393 e. The summed E-state index contributed by atoms with van der Waals surface area (Å²) in [5.74, 6) is 0. The van der Waals surface area contributed by atoms with Gasteiger partial charge >= 0.3 is 0 Å². The second-order valence-corrected chi connectivity index (χ2v) is 3.70. The summed E-state index contributed by atoms with van der Waals surface area (Å²) in [5, 5.41) is 29.9. The molecule has 0 aromatic heterocycles. The van der Waals surface area contributed by atoms with Gasteiger partial charge in [0, 0.05) is 12.2 Å². The number of aliphatic hydroxyl groups excluding tert-OH is 1. The minimum atomic E-state index is -1.13. The molecule has 0 saturated heterocycles. The van der Waals surface area contributed by atoms with Gasteiger partial charge in [-0.05, 0) is 31.2 Å². The maximum Gasteiger partial charge on any atom is 0.102 e. The van der Waals surface area contributed by atoms with Gasteiger partial charge in [0.05, 0.1) is 18.2 Å². The summed E-state index contributed by atoms with van der Waals surface area (Å²) in [4.78, 5) is 0. The molecule has 1 aromatic carbocycles. The average molecular weight is 206 g/mol. The van der Waals surface area contributed by atoms with Crippen LogP contribution >= 0.6 is 0 Å². The Morgan fingerprint density at radius 3 is 2.47 bits per heavy atom. The lowest BCUT2D eigenvalue weighted by molar-refractivity contribution is 0.0132. The minimum absolute atomic E-state index is 0.259. The van der Waals surface area contributed by atoms with E-state index in [0.29, 0.717) is 5.56 Å². The lowest BCUT2D eigenvalue weighted by Gasteiger charge is -2.21. The minimum Gasteiger partial charge on any atom is -0.393 e. The summed E-state index contributed by atoms with van der Waals surface area (Å²) in [7, 11) is 0. The van der Waals surface area contributed by atoms with E-state index in [2.05, 4.69) is 5.32 Å². The molecule has 1 aromatic rings. The van der Waals surface area contributed by atoms with Gasteiger partial charge in [0.2, 0.25) is 0 Å². The van der Waals surface area contributed by atoms with Crippen molar-refractivity contribution in [2.45, 2.75) is 12.5 Å². The third kappa shape index (κ3) is 3.58. The first kappa shape index (κ1) is 11.5. The van der Waals surface area contributed by atoms with E-state index >= 15 is 0 Å². The number of nitrogens with one attached hydrogen (secondary N) is 1. The van der Waals surface area contributed by atoms with Crippen molar-refractivity contribution in [3.63, 3.8) is 0 Å². The van der Waals surface area contributed by atoms with Gasteiger partial charge in [0.1, 0.15) is 5.60 Å². The fraction of sp³-hybridized carbons (Fsp3) is 0.364. The van der Waals surface area contributed by atoms with Crippen LogP contribution in [0.4, 0.5) is 5.69 Å². The van der Waals surface area contributed by atoms with Crippen LogP contribution in [0, 0.1) is 11.3 Å². The highest BCUT2D eigenvalue weighted by Crippen LogP contribution is 2.10. The first-order valence-corrected chi connectivity index (χ1v) is 4.65. The molecular weight excluding hydrogens is 192 g/mol. The van der Waals surface area contributed by atoms with E-state index in [1.54, 1.807) is 31.2 Å². The Kier molecular flexibility index (Phi) is 3.67. The van der Waals surface area contributed by atoms with Gasteiger partial charge in [0.15, 0.2) is 0 Å². The topological polar surface area (TPSA) is 76.3 Å². The standard InChI is InChI=1S/C11H14N2O2/c1-11(15,8-14)7-13-10-4-2-9(6-12)3-5-10/h2-5,13-15H,7-8H2,1H3. The Balaban J connectivity index is 2.56. The van der Waals surface area contributed by atoms with Crippen LogP contribution in [0.25, 0.3) is 0 Å². The highest BCUT2D eigenvalue weighted by Gasteiger charge is 2.17. The zero-order chi connectivity index (χ0) is 11.3. The van der Waals surface area contributed by atoms with E-state index in [9.17, 15) is 5.11 Å². The van der Waals surface area contributed by atoms with Gasteiger partial charge in [0.25, 0.3) is 0 Å². The highest BCUT2D eigenvalue weighted by molar-refractivity contribution is 5.47. The summed E-state index contributed by atoms with van der Waals surface area (Å²) in [6, 6.07) is 8.91. The van der Waals surface area contributed by atoms with E-state index in [4.69, 9.17) is 10.4 Å². The molecule has 3 N–H and O–H groups in total. The van der Waals surface area contributed by atoms with Gasteiger partial charge in [-0.2, -0.15) is 5.26 Å². The summed E-state index contributed by atoms with van der Waals surface area (Å²) in [6.07, 6.45) is 0. The molecule has 0 fully saturated rings. The maximum atomic E-state index is 9.52. The second-order valence-electron chi connectivity index (χ2n) is 3.70. The summed E-state index contributed by atoms with van der Waals surface area (Å²) < 4.78 is 0. The van der Waals surface area contributed by atoms with Gasteiger partial charge in [-0.15, -0.1) is 0 Å². The quantitative estimate of drug-likeness (QED) is 0.678. The van der Waals surface area contributed by atoms with Crippen molar-refractivity contribution in [2.24, 2.45) is 0 Å². The average Bonchev–Trinajstić information content (AvgIpc) is 2.27. The summed E-state index contributed by atoms with van der Waals surface area (Å²) in [6.45, 7) is 1.51. The molecule has 0 aliphatic rings. The van der Waals surface area contributed by atoms with Crippen LogP contribution in [0.1, 0.15) is 12.5 Å². The van der Waals surface area contributed by atoms with E-state index in [1.807, 2.05) is 6.07 Å². The molecule has 0 amide bonds. The smallest absolute Gasteiger partial charge is 0.102 e. The summed E-state index contributed by atoms with van der Waals surface area (Å²) >= 11 is 0. The van der Waals surface area contributed by atoms with Crippen LogP contribution in [0.5, 0.6) is 0 Å². The Morgan fingerprint density at radius 2 is 2.00 bits per heavy atom. The van der Waals surface area contributed by atoms with Gasteiger partial charge in [-0.25, -0.2) is 0 Å². The lowest BCUT2D eigenvalue weighted by Crippen LogP contribution is -2.37. The molecule has 0 heterocycles. The fourth-order valence-corrected chi connectivity index (χ4v) is 1.01. The third-order valence-corrected chi connectivity index (χ3v) is 2.03. The molecule has 0 aliphatic heterocycles. The van der Waals surface area contributed by atoms with E-state index < -0.39 is 5.60 Å². The van der Waals surface area contributed by atoms with Crippen LogP contribution in [0.15, 0.2) is 24.3 Å². The predicted octanol–water partition coefficient (Wildman–Crippen LogP) is 0.713. The van der Waals surface area contributed by atoms with Crippen molar-refractivity contribution >= 4 is 5.69 Å². The van der Waals surface area contributed by atoms with Crippen LogP contribution < -0.4 is 5.32 Å². The number of rotatable bonds is 4. The highest BCUT2D eigenvalue weighted by atomic mass is 16.3. The normalized spacial score (nSPS) is 14.0. The van der Waals surface area contributed by atoms with Crippen molar-refractivity contribution < 1.29 is 10.2 Å². The molecule has 0 saturated carbocycles. The molecule has 1 atom stereocenters. The van der Waals surface area contributed by atoms with Crippen LogP contribution in [0.2, 0.25) is 0 Å². The maximum absolute atomic E-state index is 9.52. The molecule has 0 aliphatic carbocycles. The van der Waals surface area contributed by atoms with Crippen molar-refractivity contribution in [1.82, 2.24) is 0 Å². The molecule has 80 valence electrons. The van der Waals surface area contributed by atoms with Gasteiger partial charge in [-0.3, -0.25) is 0 Å². The van der Waals surface area contributed by atoms with E-state index in [1.165, 1.54) is 0 Å². The second kappa shape index (κ2) is 4.78. The number of nitriles is 1. The van der Waals surface area contributed by atoms with Gasteiger partial charge < -0.3 is 15.5 Å². The molecule has 15 heavy (non-hydrogen) atoms. The number of hydrogen-bond acceptors (Lipinski definition) is 4. The van der Waals surface area contributed by atoms with Crippen molar-refractivity contribution in [2.75, 3.05) is 18.5 Å². The molecule has 4 heteroatoms. The molecule has 0 spiro atoms. The van der Waals surface area contributed by atoms with Crippen molar-refractivity contribution in [3.8, 4) is 6.07 Å².